The maximum absolute atomic E-state index is 10.8. The van der Waals surface area contributed by atoms with Gasteiger partial charge < -0.3 is 10.2 Å². The lowest BCUT2D eigenvalue weighted by Crippen LogP contribution is -2.49. The molecule has 3 aliphatic carbocycles. The molecule has 0 radical (unpaired) electrons. The van der Waals surface area contributed by atoms with E-state index in [0.717, 1.165) is 25.2 Å². The highest BCUT2D eigenvalue weighted by atomic mass is 16.3. The molecule has 2 nitrogen and oxygen atoms in total. The number of benzene rings is 1. The highest BCUT2D eigenvalue weighted by Gasteiger charge is 2.59. The molecule has 2 heteroatoms. The van der Waals surface area contributed by atoms with Gasteiger partial charge in [0, 0.05) is 0 Å². The zero-order chi connectivity index (χ0) is 14.8. The van der Waals surface area contributed by atoms with Crippen LogP contribution in [-0.4, -0.2) is 15.8 Å². The first-order chi connectivity index (χ1) is 9.92. The lowest BCUT2D eigenvalue weighted by Gasteiger charge is -2.52. The molecule has 5 atom stereocenters. The minimum atomic E-state index is -0.488. The first kappa shape index (κ1) is 13.6. The van der Waals surface area contributed by atoms with Crippen molar-refractivity contribution in [1.29, 1.82) is 0 Å². The summed E-state index contributed by atoms with van der Waals surface area (Å²) in [6.07, 6.45) is 6.76. The van der Waals surface area contributed by atoms with E-state index in [4.69, 9.17) is 0 Å². The second kappa shape index (κ2) is 4.25. The molecule has 2 N–H and O–H groups in total. The molecule has 0 unspecified atom stereocenters. The molecule has 0 aliphatic heterocycles. The van der Waals surface area contributed by atoms with E-state index in [9.17, 15) is 10.2 Å². The van der Waals surface area contributed by atoms with Crippen LogP contribution in [0.5, 0.6) is 5.75 Å². The summed E-state index contributed by atoms with van der Waals surface area (Å²) in [6, 6.07) is 5.96. The Labute approximate surface area is 127 Å². The van der Waals surface area contributed by atoms with Crippen LogP contribution < -0.4 is 0 Å². The second-order valence-electron chi connectivity index (χ2n) is 8.07. The molecule has 2 fully saturated rings. The van der Waals surface area contributed by atoms with E-state index in [-0.39, 0.29) is 5.41 Å². The summed E-state index contributed by atoms with van der Waals surface area (Å²) in [6.45, 7) is 4.38. The summed E-state index contributed by atoms with van der Waals surface area (Å²) in [5.74, 6) is 2.42. The van der Waals surface area contributed by atoms with E-state index in [1.54, 1.807) is 0 Å². The molecule has 3 aliphatic rings. The normalized spacial score (nSPS) is 44.8. The number of phenolic OH excluding ortho intramolecular Hbond substituents is 1. The summed E-state index contributed by atoms with van der Waals surface area (Å²) in [5, 5.41) is 20.5. The molecule has 2 saturated carbocycles. The topological polar surface area (TPSA) is 40.5 Å². The smallest absolute Gasteiger partial charge is 0.115 e. The van der Waals surface area contributed by atoms with E-state index in [1.807, 2.05) is 12.1 Å². The molecular formula is C19H26O2. The first-order valence-corrected chi connectivity index (χ1v) is 8.46. The number of phenols is 1. The summed E-state index contributed by atoms with van der Waals surface area (Å²) < 4.78 is 0. The minimum absolute atomic E-state index is 0.0998. The van der Waals surface area contributed by atoms with Crippen molar-refractivity contribution in [3.63, 3.8) is 0 Å². The third-order valence-corrected chi connectivity index (χ3v) is 7.27. The van der Waals surface area contributed by atoms with Crippen molar-refractivity contribution < 1.29 is 10.2 Å². The molecule has 1 aromatic rings. The van der Waals surface area contributed by atoms with Crippen molar-refractivity contribution in [1.82, 2.24) is 0 Å². The van der Waals surface area contributed by atoms with Crippen molar-refractivity contribution >= 4 is 0 Å². The first-order valence-electron chi connectivity index (χ1n) is 8.46. The second-order valence-corrected chi connectivity index (χ2v) is 8.07. The van der Waals surface area contributed by atoms with Gasteiger partial charge in [0.1, 0.15) is 5.75 Å². The van der Waals surface area contributed by atoms with Crippen LogP contribution in [0, 0.1) is 17.3 Å². The van der Waals surface area contributed by atoms with Crippen LogP contribution in [0.4, 0.5) is 0 Å². The third kappa shape index (κ3) is 1.75. The van der Waals surface area contributed by atoms with Crippen LogP contribution in [0.25, 0.3) is 0 Å². The van der Waals surface area contributed by atoms with Crippen molar-refractivity contribution in [2.75, 3.05) is 0 Å². The molecule has 0 spiro atoms. The summed E-state index contributed by atoms with van der Waals surface area (Å²) in [7, 11) is 0. The standard InChI is InChI=1S/C19H26O2/c1-18-9-7-15-14-6-4-13(20)11-12(14)3-5-16(15)17(18)8-10-19(18,2)21/h4,6,11,15-17,20-21H,3,5,7-10H2,1-2H3/t15-,16+,17+,18-,19-/m1/s1. The van der Waals surface area contributed by atoms with E-state index in [2.05, 4.69) is 19.9 Å². The predicted molar refractivity (Wildman–Crippen MR) is 83.3 cm³/mol. The Morgan fingerprint density at radius 1 is 1.10 bits per heavy atom. The van der Waals surface area contributed by atoms with Crippen molar-refractivity contribution in [3.8, 4) is 5.75 Å². The van der Waals surface area contributed by atoms with E-state index in [0.29, 0.717) is 17.6 Å². The number of fused-ring (bicyclic) bond motifs is 5. The highest BCUT2D eigenvalue weighted by molar-refractivity contribution is 5.40. The molecule has 0 saturated heterocycles. The lowest BCUT2D eigenvalue weighted by molar-refractivity contribution is -0.0901. The molecule has 0 amide bonds. The predicted octanol–water partition coefficient (Wildman–Crippen LogP) is 4.00. The van der Waals surface area contributed by atoms with E-state index < -0.39 is 5.60 Å². The van der Waals surface area contributed by atoms with Gasteiger partial charge in [-0.3, -0.25) is 0 Å². The average molecular weight is 286 g/mol. The third-order valence-electron chi connectivity index (χ3n) is 7.27. The summed E-state index contributed by atoms with van der Waals surface area (Å²) in [4.78, 5) is 0. The van der Waals surface area contributed by atoms with E-state index >= 15 is 0 Å². The lowest BCUT2D eigenvalue weighted by atomic mass is 9.53. The molecular weight excluding hydrogens is 260 g/mol. The molecule has 0 bridgehead atoms. The molecule has 114 valence electrons. The van der Waals surface area contributed by atoms with Gasteiger partial charge in [-0.25, -0.2) is 0 Å². The van der Waals surface area contributed by atoms with Crippen molar-refractivity contribution in [2.24, 2.45) is 17.3 Å². The zero-order valence-electron chi connectivity index (χ0n) is 13.1. The largest absolute Gasteiger partial charge is 0.508 e. The number of rotatable bonds is 0. The summed E-state index contributed by atoms with van der Waals surface area (Å²) >= 11 is 0. The van der Waals surface area contributed by atoms with Gasteiger partial charge in [0.15, 0.2) is 0 Å². The number of aliphatic hydroxyl groups is 1. The van der Waals surface area contributed by atoms with Gasteiger partial charge in [-0.1, -0.05) is 13.0 Å². The van der Waals surface area contributed by atoms with Crippen LogP contribution in [-0.2, 0) is 6.42 Å². The van der Waals surface area contributed by atoms with Gasteiger partial charge in [0.05, 0.1) is 5.60 Å². The fraction of sp³-hybridized carbons (Fsp3) is 0.684. The monoisotopic (exact) mass is 286 g/mol. The summed E-state index contributed by atoms with van der Waals surface area (Å²) in [5.41, 5.74) is 2.43. The van der Waals surface area contributed by atoms with Gasteiger partial charge in [0.25, 0.3) is 0 Å². The van der Waals surface area contributed by atoms with Gasteiger partial charge in [-0.15, -0.1) is 0 Å². The number of hydrogen-bond acceptors (Lipinski definition) is 2. The molecule has 0 heterocycles. The fourth-order valence-electron chi connectivity index (χ4n) is 5.81. The quantitative estimate of drug-likeness (QED) is 0.757. The van der Waals surface area contributed by atoms with Crippen LogP contribution >= 0.6 is 0 Å². The average Bonchev–Trinajstić information content (AvgIpc) is 2.69. The molecule has 0 aromatic heterocycles. The highest BCUT2D eigenvalue weighted by Crippen LogP contribution is 2.64. The Morgan fingerprint density at radius 2 is 1.90 bits per heavy atom. The van der Waals surface area contributed by atoms with Crippen molar-refractivity contribution in [2.45, 2.75) is 63.9 Å². The number of aromatic hydroxyl groups is 1. The van der Waals surface area contributed by atoms with Crippen LogP contribution in [0.1, 0.15) is 63.0 Å². The van der Waals surface area contributed by atoms with Crippen molar-refractivity contribution in [3.05, 3.63) is 29.3 Å². The molecule has 21 heavy (non-hydrogen) atoms. The van der Waals surface area contributed by atoms with Gasteiger partial charge in [0.2, 0.25) is 0 Å². The Bertz CT molecular complexity index is 577. The maximum Gasteiger partial charge on any atom is 0.115 e. The Balaban J connectivity index is 1.72. The Kier molecular flexibility index (Phi) is 2.76. The number of aryl methyl sites for hydroxylation is 1. The van der Waals surface area contributed by atoms with Crippen LogP contribution in [0.2, 0.25) is 0 Å². The molecule has 1 aromatic carbocycles. The van der Waals surface area contributed by atoms with Crippen LogP contribution in [0.3, 0.4) is 0 Å². The Hall–Kier alpha value is -1.02. The Morgan fingerprint density at radius 3 is 2.71 bits per heavy atom. The number of hydrogen-bond donors (Lipinski definition) is 2. The van der Waals surface area contributed by atoms with Gasteiger partial charge in [-0.05, 0) is 91.9 Å². The molecule has 4 rings (SSSR count). The van der Waals surface area contributed by atoms with Gasteiger partial charge in [-0.2, -0.15) is 0 Å². The zero-order valence-corrected chi connectivity index (χ0v) is 13.1. The van der Waals surface area contributed by atoms with Gasteiger partial charge >= 0.3 is 0 Å². The SMILES string of the molecule is C[C@@]1(O)CC[C@H]2[C@H]3CCc4cc(O)ccc4[C@H]3CC[C@]21C. The maximum atomic E-state index is 10.8. The fourth-order valence-corrected chi connectivity index (χ4v) is 5.81. The minimum Gasteiger partial charge on any atom is -0.508 e. The van der Waals surface area contributed by atoms with Crippen LogP contribution in [0.15, 0.2) is 18.2 Å². The van der Waals surface area contributed by atoms with E-state index in [1.165, 1.54) is 30.4 Å².